The lowest BCUT2D eigenvalue weighted by Crippen LogP contribution is -2.39. The van der Waals surface area contributed by atoms with Crippen LogP contribution in [0.2, 0.25) is 0 Å². The van der Waals surface area contributed by atoms with Crippen LogP contribution in [0.1, 0.15) is 45.6 Å². The quantitative estimate of drug-likeness (QED) is 0.615. The van der Waals surface area contributed by atoms with Gasteiger partial charge in [0.2, 0.25) is 11.8 Å². The van der Waals surface area contributed by atoms with E-state index in [9.17, 15) is 14.4 Å². The maximum atomic E-state index is 13.4. The number of nitrogens with one attached hydrogen (secondary N) is 1. The van der Waals surface area contributed by atoms with E-state index in [0.29, 0.717) is 22.7 Å². The molecule has 1 aliphatic heterocycles. The number of anilines is 1. The first-order chi connectivity index (χ1) is 16.4. The fraction of sp³-hybridized carbons (Fsp3) is 0.500. The van der Waals surface area contributed by atoms with Crippen molar-refractivity contribution in [3.8, 4) is 0 Å². The summed E-state index contributed by atoms with van der Waals surface area (Å²) in [4.78, 5) is 45.6. The lowest BCUT2D eigenvalue weighted by atomic mass is 9.92. The minimum Gasteiger partial charge on any atom is -0.348 e. The van der Waals surface area contributed by atoms with Gasteiger partial charge in [-0.25, -0.2) is 0 Å². The largest absolute Gasteiger partial charge is 0.348 e. The van der Waals surface area contributed by atoms with Crippen LogP contribution < -0.4 is 5.32 Å². The number of fused-ring (bicyclic) bond motifs is 1. The van der Waals surface area contributed by atoms with Crippen LogP contribution in [0.4, 0.5) is 5.00 Å². The minimum absolute atomic E-state index is 0.00808. The molecule has 34 heavy (non-hydrogen) atoms. The summed E-state index contributed by atoms with van der Waals surface area (Å²) in [5.41, 5.74) is 2.46. The van der Waals surface area contributed by atoms with Crippen LogP contribution in [-0.2, 0) is 22.4 Å². The van der Waals surface area contributed by atoms with Gasteiger partial charge in [-0.3, -0.25) is 24.2 Å². The lowest BCUT2D eigenvalue weighted by Gasteiger charge is -2.22. The van der Waals surface area contributed by atoms with Gasteiger partial charge in [-0.2, -0.15) is 0 Å². The van der Waals surface area contributed by atoms with E-state index in [0.717, 1.165) is 63.8 Å². The van der Waals surface area contributed by atoms with Crippen molar-refractivity contribution in [2.24, 2.45) is 0 Å². The Balaban J connectivity index is 1.43. The highest BCUT2D eigenvalue weighted by molar-refractivity contribution is 7.17. The molecule has 1 fully saturated rings. The number of likely N-dealkylation sites (N-methyl/N-ethyl adjacent to an activating group) is 1. The fourth-order valence-electron chi connectivity index (χ4n) is 4.67. The third-order valence-electron chi connectivity index (χ3n) is 6.59. The van der Waals surface area contributed by atoms with Gasteiger partial charge < -0.3 is 10.2 Å². The van der Waals surface area contributed by atoms with Crippen molar-refractivity contribution in [3.05, 3.63) is 51.9 Å². The highest BCUT2D eigenvalue weighted by atomic mass is 32.1. The SMILES string of the molecule is CN(C)C(=O)CN1CCCN(CC(=O)Nc2sc3c(c2C(=O)c2ccccc2)CCCC3)CC1. The topological polar surface area (TPSA) is 73.0 Å². The summed E-state index contributed by atoms with van der Waals surface area (Å²) in [7, 11) is 3.55. The van der Waals surface area contributed by atoms with Gasteiger partial charge >= 0.3 is 0 Å². The molecule has 2 aromatic rings. The molecule has 1 aliphatic carbocycles. The van der Waals surface area contributed by atoms with Crippen molar-refractivity contribution in [3.63, 3.8) is 0 Å². The number of hydrogen-bond donors (Lipinski definition) is 1. The fourth-order valence-corrected chi connectivity index (χ4v) is 5.97. The lowest BCUT2D eigenvalue weighted by molar-refractivity contribution is -0.129. The summed E-state index contributed by atoms with van der Waals surface area (Å²) < 4.78 is 0. The van der Waals surface area contributed by atoms with E-state index in [4.69, 9.17) is 0 Å². The first-order valence-corrected chi connectivity index (χ1v) is 12.9. The van der Waals surface area contributed by atoms with Gasteiger partial charge in [0.05, 0.1) is 18.7 Å². The Morgan fingerprint density at radius 3 is 2.29 bits per heavy atom. The Morgan fingerprint density at radius 2 is 1.59 bits per heavy atom. The first-order valence-electron chi connectivity index (χ1n) is 12.1. The molecule has 0 atom stereocenters. The summed E-state index contributed by atoms with van der Waals surface area (Å²) in [5.74, 6) is 0.00766. The van der Waals surface area contributed by atoms with E-state index in [2.05, 4.69) is 15.1 Å². The zero-order chi connectivity index (χ0) is 24.1. The van der Waals surface area contributed by atoms with Crippen LogP contribution >= 0.6 is 11.3 Å². The zero-order valence-corrected chi connectivity index (χ0v) is 21.0. The van der Waals surface area contributed by atoms with Crippen LogP contribution in [-0.4, -0.2) is 85.7 Å². The average molecular weight is 483 g/mol. The molecule has 1 saturated heterocycles. The second-order valence-electron chi connectivity index (χ2n) is 9.35. The Kier molecular flexibility index (Phi) is 8.13. The van der Waals surface area contributed by atoms with Crippen molar-refractivity contribution in [2.45, 2.75) is 32.1 Å². The summed E-state index contributed by atoms with van der Waals surface area (Å²) in [5, 5.41) is 3.78. The number of thiophene rings is 1. The molecule has 2 aliphatic rings. The standard InChI is InChI=1S/C26H34N4O3S/c1-28(2)23(32)18-30-14-8-13-29(15-16-30)17-22(31)27-26-24(20-11-6-7-12-21(20)34-26)25(33)19-9-4-3-5-10-19/h3-5,9-10H,6-8,11-18H2,1-2H3,(H,27,31). The van der Waals surface area contributed by atoms with Gasteiger partial charge in [0.25, 0.3) is 0 Å². The minimum atomic E-state index is -0.0847. The molecule has 1 N–H and O–H groups in total. The molecule has 2 amide bonds. The van der Waals surface area contributed by atoms with Crippen LogP contribution in [0.3, 0.4) is 0 Å². The first kappa shape index (κ1) is 24.6. The number of ketones is 1. The zero-order valence-electron chi connectivity index (χ0n) is 20.1. The molecule has 1 aromatic heterocycles. The highest BCUT2D eigenvalue weighted by Crippen LogP contribution is 2.39. The molecule has 7 nitrogen and oxygen atoms in total. The van der Waals surface area contributed by atoms with Crippen molar-refractivity contribution in [1.29, 1.82) is 0 Å². The number of carbonyl (C=O) groups is 3. The third kappa shape index (κ3) is 5.92. The number of aryl methyl sites for hydroxylation is 1. The molecule has 4 rings (SSSR count). The van der Waals surface area contributed by atoms with Gasteiger partial charge in [-0.15, -0.1) is 11.3 Å². The predicted molar refractivity (Wildman–Crippen MR) is 136 cm³/mol. The smallest absolute Gasteiger partial charge is 0.239 e. The Bertz CT molecular complexity index is 1030. The predicted octanol–water partition coefficient (Wildman–Crippen LogP) is 2.89. The van der Waals surface area contributed by atoms with Gasteiger partial charge in [0.15, 0.2) is 5.78 Å². The van der Waals surface area contributed by atoms with E-state index < -0.39 is 0 Å². The molecule has 2 heterocycles. The maximum Gasteiger partial charge on any atom is 0.239 e. The van der Waals surface area contributed by atoms with E-state index in [-0.39, 0.29) is 24.1 Å². The number of carbonyl (C=O) groups excluding carboxylic acids is 3. The van der Waals surface area contributed by atoms with E-state index >= 15 is 0 Å². The number of hydrogen-bond acceptors (Lipinski definition) is 6. The molecular weight excluding hydrogens is 448 g/mol. The molecule has 1 aromatic carbocycles. The number of rotatable bonds is 7. The Labute approximate surface area is 205 Å². The van der Waals surface area contributed by atoms with E-state index in [1.54, 1.807) is 30.3 Å². The second kappa shape index (κ2) is 11.3. The van der Waals surface area contributed by atoms with Crippen LogP contribution in [0.25, 0.3) is 0 Å². The van der Waals surface area contributed by atoms with Crippen LogP contribution in [0.15, 0.2) is 30.3 Å². The third-order valence-corrected chi connectivity index (χ3v) is 7.80. The van der Waals surface area contributed by atoms with Crippen molar-refractivity contribution in [1.82, 2.24) is 14.7 Å². The number of nitrogens with zero attached hydrogens (tertiary/aromatic N) is 3. The summed E-state index contributed by atoms with van der Waals surface area (Å²) >= 11 is 1.57. The molecule has 182 valence electrons. The Hall–Kier alpha value is -2.55. The van der Waals surface area contributed by atoms with Crippen molar-refractivity contribution >= 4 is 33.9 Å². The van der Waals surface area contributed by atoms with Crippen LogP contribution in [0.5, 0.6) is 0 Å². The maximum absolute atomic E-state index is 13.4. The molecule has 0 bridgehead atoms. The van der Waals surface area contributed by atoms with Gasteiger partial charge in [0.1, 0.15) is 5.00 Å². The molecule has 0 saturated carbocycles. The highest BCUT2D eigenvalue weighted by Gasteiger charge is 2.27. The van der Waals surface area contributed by atoms with Gasteiger partial charge in [0, 0.05) is 37.6 Å². The van der Waals surface area contributed by atoms with Crippen molar-refractivity contribution in [2.75, 3.05) is 58.7 Å². The van der Waals surface area contributed by atoms with Gasteiger partial charge in [-0.1, -0.05) is 30.3 Å². The van der Waals surface area contributed by atoms with Crippen LogP contribution in [0, 0.1) is 0 Å². The summed E-state index contributed by atoms with van der Waals surface area (Å²) in [6.45, 7) is 3.88. The molecule has 0 spiro atoms. The molecular formula is C26H34N4O3S. The average Bonchev–Trinajstić information content (AvgIpc) is 3.04. The van der Waals surface area contributed by atoms with Crippen molar-refractivity contribution < 1.29 is 14.4 Å². The second-order valence-corrected chi connectivity index (χ2v) is 10.5. The molecule has 8 heteroatoms. The monoisotopic (exact) mass is 482 g/mol. The number of benzene rings is 1. The summed E-state index contributed by atoms with van der Waals surface area (Å²) in [6.07, 6.45) is 4.98. The molecule has 0 unspecified atom stereocenters. The number of amides is 2. The molecule has 0 radical (unpaired) electrons. The van der Waals surface area contributed by atoms with E-state index in [1.165, 1.54) is 4.88 Å². The normalized spacial score (nSPS) is 17.0. The summed E-state index contributed by atoms with van der Waals surface area (Å²) in [6, 6.07) is 9.33. The van der Waals surface area contributed by atoms with E-state index in [1.807, 2.05) is 30.3 Å². The Morgan fingerprint density at radius 1 is 0.912 bits per heavy atom. The van der Waals surface area contributed by atoms with Gasteiger partial charge in [-0.05, 0) is 50.8 Å².